The van der Waals surface area contributed by atoms with Gasteiger partial charge in [-0.1, -0.05) is 31.2 Å². The second kappa shape index (κ2) is 5.90. The van der Waals surface area contributed by atoms with E-state index in [4.69, 9.17) is 4.74 Å². The monoisotopic (exact) mass is 270 g/mol. The van der Waals surface area contributed by atoms with Gasteiger partial charge in [0.15, 0.2) is 0 Å². The van der Waals surface area contributed by atoms with Gasteiger partial charge in [-0.05, 0) is 31.5 Å². The predicted octanol–water partition coefficient (Wildman–Crippen LogP) is 3.31. The lowest BCUT2D eigenvalue weighted by Crippen LogP contribution is -2.32. The molecule has 3 nitrogen and oxygen atoms in total. The molecule has 1 saturated heterocycles. The zero-order valence-electron chi connectivity index (χ0n) is 12.2. The number of pyridine rings is 1. The van der Waals surface area contributed by atoms with Gasteiger partial charge in [0.25, 0.3) is 0 Å². The highest BCUT2D eigenvalue weighted by atomic mass is 16.5. The summed E-state index contributed by atoms with van der Waals surface area (Å²) in [6.45, 7) is 6.16. The summed E-state index contributed by atoms with van der Waals surface area (Å²) in [5.41, 5.74) is 2.41. The van der Waals surface area contributed by atoms with E-state index in [0.29, 0.717) is 18.1 Å². The molecule has 1 aromatic carbocycles. The fourth-order valence-corrected chi connectivity index (χ4v) is 3.28. The van der Waals surface area contributed by atoms with Crippen molar-refractivity contribution in [1.82, 2.24) is 10.3 Å². The highest BCUT2D eigenvalue weighted by Gasteiger charge is 2.33. The number of para-hydroxylation sites is 1. The Morgan fingerprint density at radius 3 is 2.95 bits per heavy atom. The van der Waals surface area contributed by atoms with Gasteiger partial charge in [0.05, 0.1) is 11.6 Å². The van der Waals surface area contributed by atoms with Gasteiger partial charge < -0.3 is 10.1 Å². The zero-order valence-corrected chi connectivity index (χ0v) is 12.2. The van der Waals surface area contributed by atoms with E-state index in [1.54, 1.807) is 0 Å². The molecular formula is C17H22N2O. The fourth-order valence-electron chi connectivity index (χ4n) is 3.28. The van der Waals surface area contributed by atoms with Crippen molar-refractivity contribution in [1.29, 1.82) is 0 Å². The van der Waals surface area contributed by atoms with E-state index in [9.17, 15) is 0 Å². The van der Waals surface area contributed by atoms with Crippen LogP contribution in [0.5, 0.6) is 0 Å². The smallest absolute Gasteiger partial charge is 0.0749 e. The molecule has 1 fully saturated rings. The quantitative estimate of drug-likeness (QED) is 0.925. The molecule has 1 aromatic heterocycles. The molecule has 0 aliphatic carbocycles. The van der Waals surface area contributed by atoms with Crippen LogP contribution in [-0.4, -0.2) is 24.2 Å². The Hall–Kier alpha value is -1.45. The van der Waals surface area contributed by atoms with Gasteiger partial charge in [-0.25, -0.2) is 0 Å². The standard InChI is InChI=1S/C17H22N2O/c1-3-18-17(14-9-11-20-12(14)2)15-8-4-6-13-7-5-10-19-16(13)15/h4-8,10,12,14,17-18H,3,9,11H2,1-2H3. The van der Waals surface area contributed by atoms with Crippen LogP contribution in [0.2, 0.25) is 0 Å². The summed E-state index contributed by atoms with van der Waals surface area (Å²) in [4.78, 5) is 4.60. The highest BCUT2D eigenvalue weighted by Crippen LogP contribution is 2.35. The van der Waals surface area contributed by atoms with Crippen LogP contribution in [0.1, 0.15) is 31.9 Å². The maximum absolute atomic E-state index is 5.77. The first kappa shape index (κ1) is 13.5. The number of benzene rings is 1. The Morgan fingerprint density at radius 1 is 1.35 bits per heavy atom. The molecule has 3 rings (SSSR count). The minimum absolute atomic E-state index is 0.304. The van der Waals surface area contributed by atoms with E-state index in [1.165, 1.54) is 10.9 Å². The molecule has 3 atom stereocenters. The Labute approximate surface area is 120 Å². The first-order valence-electron chi connectivity index (χ1n) is 7.50. The molecule has 0 radical (unpaired) electrons. The van der Waals surface area contributed by atoms with E-state index in [-0.39, 0.29) is 0 Å². The number of ether oxygens (including phenoxy) is 1. The van der Waals surface area contributed by atoms with E-state index in [0.717, 1.165) is 25.1 Å². The third-order valence-electron chi connectivity index (χ3n) is 4.29. The van der Waals surface area contributed by atoms with Crippen LogP contribution in [0.3, 0.4) is 0 Å². The van der Waals surface area contributed by atoms with Gasteiger partial charge in [0, 0.05) is 30.1 Å². The molecule has 1 N–H and O–H groups in total. The summed E-state index contributed by atoms with van der Waals surface area (Å²) >= 11 is 0. The number of hydrogen-bond donors (Lipinski definition) is 1. The molecular weight excluding hydrogens is 248 g/mol. The van der Waals surface area contributed by atoms with Gasteiger partial charge >= 0.3 is 0 Å². The molecule has 0 saturated carbocycles. The summed E-state index contributed by atoms with van der Waals surface area (Å²) in [7, 11) is 0. The molecule has 20 heavy (non-hydrogen) atoms. The third-order valence-corrected chi connectivity index (χ3v) is 4.29. The molecule has 106 valence electrons. The summed E-state index contributed by atoms with van der Waals surface area (Å²) in [6.07, 6.45) is 3.30. The first-order valence-corrected chi connectivity index (χ1v) is 7.50. The van der Waals surface area contributed by atoms with Crippen LogP contribution in [0.25, 0.3) is 10.9 Å². The van der Waals surface area contributed by atoms with Crippen molar-refractivity contribution in [3.8, 4) is 0 Å². The molecule has 3 unspecified atom stereocenters. The summed E-state index contributed by atoms with van der Waals surface area (Å²) in [5, 5.41) is 4.85. The zero-order chi connectivity index (χ0) is 13.9. The van der Waals surface area contributed by atoms with E-state index < -0.39 is 0 Å². The van der Waals surface area contributed by atoms with Crippen LogP contribution >= 0.6 is 0 Å². The van der Waals surface area contributed by atoms with Gasteiger partial charge in [0.1, 0.15) is 0 Å². The normalized spacial score (nSPS) is 24.1. The molecule has 0 bridgehead atoms. The topological polar surface area (TPSA) is 34.2 Å². The number of nitrogens with one attached hydrogen (secondary N) is 1. The number of fused-ring (bicyclic) bond motifs is 1. The first-order chi connectivity index (χ1) is 9.81. The van der Waals surface area contributed by atoms with Crippen LogP contribution in [-0.2, 0) is 4.74 Å². The van der Waals surface area contributed by atoms with Gasteiger partial charge in [-0.15, -0.1) is 0 Å². The number of nitrogens with zero attached hydrogens (tertiary/aromatic N) is 1. The van der Waals surface area contributed by atoms with Crippen molar-refractivity contribution in [2.24, 2.45) is 5.92 Å². The summed E-state index contributed by atoms with van der Waals surface area (Å²) in [6, 6.07) is 10.9. The number of hydrogen-bond acceptors (Lipinski definition) is 3. The van der Waals surface area contributed by atoms with Crippen LogP contribution < -0.4 is 5.32 Å². The summed E-state index contributed by atoms with van der Waals surface area (Å²) < 4.78 is 5.77. The van der Waals surface area contributed by atoms with Crippen molar-refractivity contribution in [2.45, 2.75) is 32.4 Å². The van der Waals surface area contributed by atoms with Crippen molar-refractivity contribution in [3.05, 3.63) is 42.1 Å². The predicted molar refractivity (Wildman–Crippen MR) is 81.7 cm³/mol. The Bertz CT molecular complexity index is 579. The van der Waals surface area contributed by atoms with Crippen LogP contribution in [0, 0.1) is 5.92 Å². The molecule has 1 aliphatic heterocycles. The molecule has 0 spiro atoms. The molecule has 3 heteroatoms. The average molecular weight is 270 g/mol. The molecule has 1 aliphatic rings. The number of rotatable bonds is 4. The molecule has 2 heterocycles. The average Bonchev–Trinajstić information content (AvgIpc) is 2.90. The lowest BCUT2D eigenvalue weighted by atomic mass is 9.87. The minimum Gasteiger partial charge on any atom is -0.378 e. The highest BCUT2D eigenvalue weighted by molar-refractivity contribution is 5.82. The van der Waals surface area contributed by atoms with Crippen molar-refractivity contribution in [2.75, 3.05) is 13.2 Å². The van der Waals surface area contributed by atoms with Gasteiger partial charge in [-0.2, -0.15) is 0 Å². The Balaban J connectivity index is 2.05. The minimum atomic E-state index is 0.304. The second-order valence-corrected chi connectivity index (χ2v) is 5.49. The molecule has 0 amide bonds. The largest absolute Gasteiger partial charge is 0.378 e. The van der Waals surface area contributed by atoms with Crippen molar-refractivity contribution < 1.29 is 4.74 Å². The van der Waals surface area contributed by atoms with Crippen LogP contribution in [0.15, 0.2) is 36.5 Å². The Morgan fingerprint density at radius 2 is 2.20 bits per heavy atom. The SMILES string of the molecule is CCNC(c1cccc2cccnc12)C1CCOC1C. The van der Waals surface area contributed by atoms with Gasteiger partial charge in [-0.3, -0.25) is 4.98 Å². The third kappa shape index (κ3) is 2.43. The van der Waals surface area contributed by atoms with Crippen molar-refractivity contribution >= 4 is 10.9 Å². The second-order valence-electron chi connectivity index (χ2n) is 5.49. The van der Waals surface area contributed by atoms with Gasteiger partial charge in [0.2, 0.25) is 0 Å². The lowest BCUT2D eigenvalue weighted by Gasteiger charge is -2.27. The molecule has 2 aromatic rings. The van der Waals surface area contributed by atoms with E-state index in [1.807, 2.05) is 12.3 Å². The fraction of sp³-hybridized carbons (Fsp3) is 0.471. The summed E-state index contributed by atoms with van der Waals surface area (Å²) in [5.74, 6) is 0.516. The lowest BCUT2D eigenvalue weighted by molar-refractivity contribution is 0.0957. The van der Waals surface area contributed by atoms with Crippen molar-refractivity contribution in [3.63, 3.8) is 0 Å². The van der Waals surface area contributed by atoms with Crippen LogP contribution in [0.4, 0.5) is 0 Å². The number of aromatic nitrogens is 1. The van der Waals surface area contributed by atoms with E-state index in [2.05, 4.69) is 48.4 Å². The maximum atomic E-state index is 5.77. The Kier molecular flexibility index (Phi) is 3.99. The van der Waals surface area contributed by atoms with E-state index >= 15 is 0 Å². The maximum Gasteiger partial charge on any atom is 0.0749 e.